The van der Waals surface area contributed by atoms with Crippen molar-refractivity contribution in [3.05, 3.63) is 72.3 Å². The van der Waals surface area contributed by atoms with E-state index in [9.17, 15) is 13.2 Å². The van der Waals surface area contributed by atoms with Crippen LogP contribution in [0.4, 0.5) is 5.69 Å². The second-order valence-electron chi connectivity index (χ2n) is 5.90. The maximum atomic E-state index is 12.3. The molecule has 0 saturated carbocycles. The van der Waals surface area contributed by atoms with Gasteiger partial charge in [0.15, 0.2) is 0 Å². The third kappa shape index (κ3) is 5.01. The molecule has 0 aliphatic rings. The van der Waals surface area contributed by atoms with E-state index < -0.39 is 10.0 Å². The van der Waals surface area contributed by atoms with Gasteiger partial charge in [-0.25, -0.2) is 13.1 Å². The Morgan fingerprint density at radius 2 is 1.68 bits per heavy atom. The highest BCUT2D eigenvalue weighted by Crippen LogP contribution is 2.18. The van der Waals surface area contributed by atoms with E-state index in [1.54, 1.807) is 0 Å². The second-order valence-corrected chi connectivity index (χ2v) is 7.66. The van der Waals surface area contributed by atoms with Gasteiger partial charge in [-0.1, -0.05) is 32.1 Å². The summed E-state index contributed by atoms with van der Waals surface area (Å²) in [5, 5.41) is 2.80. The SMILES string of the molecule is C=CCNS(=O)(=O)c1ccc(C(=O)Nc2ccc(C(C)C)cc2)cc1. The van der Waals surface area contributed by atoms with Gasteiger partial charge in [-0.2, -0.15) is 0 Å². The summed E-state index contributed by atoms with van der Waals surface area (Å²) in [6.07, 6.45) is 1.46. The van der Waals surface area contributed by atoms with E-state index in [0.29, 0.717) is 17.2 Å². The monoisotopic (exact) mass is 358 g/mol. The van der Waals surface area contributed by atoms with E-state index in [1.807, 2.05) is 24.3 Å². The smallest absolute Gasteiger partial charge is 0.255 e. The molecular weight excluding hydrogens is 336 g/mol. The van der Waals surface area contributed by atoms with Crippen LogP contribution in [0.15, 0.2) is 66.1 Å². The van der Waals surface area contributed by atoms with Crippen LogP contribution in [0.2, 0.25) is 0 Å². The molecule has 0 aliphatic carbocycles. The minimum Gasteiger partial charge on any atom is -0.322 e. The molecule has 0 aliphatic heterocycles. The van der Waals surface area contributed by atoms with Crippen molar-refractivity contribution in [2.75, 3.05) is 11.9 Å². The number of carbonyl (C=O) groups excluding carboxylic acids is 1. The molecule has 2 N–H and O–H groups in total. The van der Waals surface area contributed by atoms with Crippen LogP contribution in [0.5, 0.6) is 0 Å². The zero-order valence-corrected chi connectivity index (χ0v) is 15.1. The topological polar surface area (TPSA) is 75.3 Å². The largest absolute Gasteiger partial charge is 0.322 e. The summed E-state index contributed by atoms with van der Waals surface area (Å²) in [4.78, 5) is 12.4. The van der Waals surface area contributed by atoms with Gasteiger partial charge in [-0.15, -0.1) is 6.58 Å². The molecule has 1 amide bonds. The lowest BCUT2D eigenvalue weighted by atomic mass is 10.0. The first-order chi connectivity index (χ1) is 11.8. The fourth-order valence-electron chi connectivity index (χ4n) is 2.19. The van der Waals surface area contributed by atoms with Crippen molar-refractivity contribution in [3.63, 3.8) is 0 Å². The van der Waals surface area contributed by atoms with Crippen molar-refractivity contribution >= 4 is 21.6 Å². The van der Waals surface area contributed by atoms with Gasteiger partial charge < -0.3 is 5.32 Å². The molecule has 0 spiro atoms. The number of anilines is 1. The van der Waals surface area contributed by atoms with Crippen LogP contribution >= 0.6 is 0 Å². The molecule has 0 bridgehead atoms. The average Bonchev–Trinajstić information content (AvgIpc) is 2.60. The minimum atomic E-state index is -3.59. The van der Waals surface area contributed by atoms with Crippen molar-refractivity contribution in [2.45, 2.75) is 24.7 Å². The summed E-state index contributed by atoms with van der Waals surface area (Å²) >= 11 is 0. The van der Waals surface area contributed by atoms with Crippen LogP contribution in [0.1, 0.15) is 35.7 Å². The molecule has 0 atom stereocenters. The maximum Gasteiger partial charge on any atom is 0.255 e. The highest BCUT2D eigenvalue weighted by atomic mass is 32.2. The number of amides is 1. The normalized spacial score (nSPS) is 11.3. The van der Waals surface area contributed by atoms with E-state index in [0.717, 1.165) is 0 Å². The highest BCUT2D eigenvalue weighted by molar-refractivity contribution is 7.89. The van der Waals surface area contributed by atoms with E-state index in [2.05, 4.69) is 30.5 Å². The Kier molecular flexibility index (Phi) is 6.12. The Labute approximate surface area is 148 Å². The highest BCUT2D eigenvalue weighted by Gasteiger charge is 2.14. The van der Waals surface area contributed by atoms with Gasteiger partial charge in [0, 0.05) is 17.8 Å². The molecule has 0 radical (unpaired) electrons. The van der Waals surface area contributed by atoms with Crippen LogP contribution in [-0.2, 0) is 10.0 Å². The molecule has 5 nitrogen and oxygen atoms in total. The van der Waals surface area contributed by atoms with E-state index >= 15 is 0 Å². The molecule has 2 aromatic rings. The molecule has 132 valence electrons. The molecule has 0 fully saturated rings. The standard InChI is InChI=1S/C19H22N2O3S/c1-4-13-20-25(23,24)18-11-7-16(8-12-18)19(22)21-17-9-5-15(6-10-17)14(2)3/h4-12,14,20H,1,13H2,2-3H3,(H,21,22). The summed E-state index contributed by atoms with van der Waals surface area (Å²) in [7, 11) is -3.59. The van der Waals surface area contributed by atoms with E-state index in [1.165, 1.54) is 35.9 Å². The van der Waals surface area contributed by atoms with Crippen molar-refractivity contribution in [3.8, 4) is 0 Å². The lowest BCUT2D eigenvalue weighted by Gasteiger charge is -2.09. The number of benzene rings is 2. The molecule has 2 rings (SSSR count). The predicted octanol–water partition coefficient (Wildman–Crippen LogP) is 3.53. The van der Waals surface area contributed by atoms with E-state index in [-0.39, 0.29) is 17.3 Å². The number of nitrogens with one attached hydrogen (secondary N) is 2. The molecule has 25 heavy (non-hydrogen) atoms. The van der Waals surface area contributed by atoms with Crippen molar-refractivity contribution in [1.82, 2.24) is 4.72 Å². The number of hydrogen-bond donors (Lipinski definition) is 2. The number of carbonyl (C=O) groups is 1. The summed E-state index contributed by atoms with van der Waals surface area (Å²) in [6.45, 7) is 7.83. The van der Waals surface area contributed by atoms with Crippen LogP contribution in [0.25, 0.3) is 0 Å². The first-order valence-corrected chi connectivity index (χ1v) is 9.44. The first-order valence-electron chi connectivity index (χ1n) is 7.95. The molecule has 0 aromatic heterocycles. The molecule has 6 heteroatoms. The lowest BCUT2D eigenvalue weighted by molar-refractivity contribution is 0.102. The van der Waals surface area contributed by atoms with Crippen LogP contribution in [0, 0.1) is 0 Å². The summed E-state index contributed by atoms with van der Waals surface area (Å²) in [5.74, 6) is 0.134. The predicted molar refractivity (Wildman–Crippen MR) is 100 cm³/mol. The summed E-state index contributed by atoms with van der Waals surface area (Å²) in [5.41, 5.74) is 2.27. The Bertz CT molecular complexity index is 839. The fourth-order valence-corrected chi connectivity index (χ4v) is 3.19. The Hall–Kier alpha value is -2.44. The van der Waals surface area contributed by atoms with Crippen LogP contribution < -0.4 is 10.0 Å². The molecular formula is C19H22N2O3S. The van der Waals surface area contributed by atoms with Crippen LogP contribution in [0.3, 0.4) is 0 Å². The number of rotatable bonds is 7. The molecule has 2 aromatic carbocycles. The third-order valence-corrected chi connectivity index (χ3v) is 5.12. The van der Waals surface area contributed by atoms with Gasteiger partial charge in [0.05, 0.1) is 4.90 Å². The number of hydrogen-bond acceptors (Lipinski definition) is 3. The number of sulfonamides is 1. The summed E-state index contributed by atoms with van der Waals surface area (Å²) < 4.78 is 26.4. The maximum absolute atomic E-state index is 12.3. The zero-order chi connectivity index (χ0) is 18.4. The van der Waals surface area contributed by atoms with E-state index in [4.69, 9.17) is 0 Å². The van der Waals surface area contributed by atoms with Gasteiger partial charge in [0.25, 0.3) is 5.91 Å². The first kappa shape index (κ1) is 18.9. The zero-order valence-electron chi connectivity index (χ0n) is 14.3. The Balaban J connectivity index is 2.08. The Morgan fingerprint density at radius 1 is 1.08 bits per heavy atom. The quantitative estimate of drug-likeness (QED) is 0.744. The van der Waals surface area contributed by atoms with Crippen molar-refractivity contribution in [1.29, 1.82) is 0 Å². The Morgan fingerprint density at radius 3 is 2.20 bits per heavy atom. The molecule has 0 heterocycles. The minimum absolute atomic E-state index is 0.104. The van der Waals surface area contributed by atoms with Crippen molar-refractivity contribution in [2.24, 2.45) is 0 Å². The molecule has 0 saturated heterocycles. The second kappa shape index (κ2) is 8.09. The van der Waals surface area contributed by atoms with Gasteiger partial charge in [-0.05, 0) is 47.9 Å². The average molecular weight is 358 g/mol. The van der Waals surface area contributed by atoms with Gasteiger partial charge in [-0.3, -0.25) is 4.79 Å². The van der Waals surface area contributed by atoms with Gasteiger partial charge in [0.2, 0.25) is 10.0 Å². The lowest BCUT2D eigenvalue weighted by Crippen LogP contribution is -2.23. The van der Waals surface area contributed by atoms with Crippen LogP contribution in [-0.4, -0.2) is 20.9 Å². The third-order valence-electron chi connectivity index (χ3n) is 3.68. The summed E-state index contributed by atoms with van der Waals surface area (Å²) in [6, 6.07) is 13.4. The molecule has 0 unspecified atom stereocenters. The van der Waals surface area contributed by atoms with Crippen molar-refractivity contribution < 1.29 is 13.2 Å². The van der Waals surface area contributed by atoms with Gasteiger partial charge in [0.1, 0.15) is 0 Å². The fraction of sp³-hybridized carbons (Fsp3) is 0.211. The van der Waals surface area contributed by atoms with Gasteiger partial charge >= 0.3 is 0 Å².